The quantitative estimate of drug-likeness (QED) is 0.623. The van der Waals surface area contributed by atoms with Crippen molar-refractivity contribution in [3.05, 3.63) is 29.8 Å². The van der Waals surface area contributed by atoms with E-state index < -0.39 is 0 Å². The molecule has 1 aromatic carbocycles. The minimum atomic E-state index is -0.295. The molecule has 0 bridgehead atoms. The fraction of sp³-hybridized carbons (Fsp3) is 0.364. The van der Waals surface area contributed by atoms with Gasteiger partial charge >= 0.3 is 5.97 Å². The van der Waals surface area contributed by atoms with Crippen LogP contribution in [-0.4, -0.2) is 25.0 Å². The predicted molar refractivity (Wildman–Crippen MR) is 61.4 cm³/mol. The lowest BCUT2D eigenvalue weighted by Gasteiger charge is -2.07. The number of alkyl halides is 1. The van der Waals surface area contributed by atoms with Gasteiger partial charge in [0.25, 0.3) is 0 Å². The third-order valence-corrected chi connectivity index (χ3v) is 2.73. The smallest absolute Gasteiger partial charge is 0.319 e. The molecule has 15 heavy (non-hydrogen) atoms. The fourth-order valence-electron chi connectivity index (χ4n) is 1.18. The van der Waals surface area contributed by atoms with Crippen molar-refractivity contribution >= 4 is 21.9 Å². The maximum atomic E-state index is 11.1. The summed E-state index contributed by atoms with van der Waals surface area (Å²) in [5, 5.41) is 0. The predicted octanol–water partition coefficient (Wildman–Crippen LogP) is 2.17. The average Bonchev–Trinajstić information content (AvgIpc) is 2.29. The van der Waals surface area contributed by atoms with Crippen LogP contribution in [0.1, 0.15) is 5.56 Å². The van der Waals surface area contributed by atoms with Crippen LogP contribution in [0, 0.1) is 0 Å². The van der Waals surface area contributed by atoms with E-state index in [9.17, 15) is 4.79 Å². The molecule has 3 nitrogen and oxygen atoms in total. The Kier molecular flexibility index (Phi) is 4.62. The van der Waals surface area contributed by atoms with Crippen LogP contribution < -0.4 is 4.74 Å². The third kappa shape index (κ3) is 3.55. The standard InChI is InChI=1S/C11H13BrO3/c1-14-9-5-3-8(4-6-9)7-10(12)11(13)15-2/h3-6,10H,7H2,1-2H3/t10-/m0/s1. The first-order valence-electron chi connectivity index (χ1n) is 4.52. The number of carbonyl (C=O) groups is 1. The Hall–Kier alpha value is -1.03. The largest absolute Gasteiger partial charge is 0.497 e. The van der Waals surface area contributed by atoms with Crippen molar-refractivity contribution in [3.63, 3.8) is 0 Å². The summed E-state index contributed by atoms with van der Waals surface area (Å²) in [7, 11) is 3.00. The normalized spacial score (nSPS) is 11.9. The van der Waals surface area contributed by atoms with Gasteiger partial charge in [0.2, 0.25) is 0 Å². The number of halogens is 1. The summed E-state index contributed by atoms with van der Waals surface area (Å²) >= 11 is 3.27. The molecule has 0 aliphatic rings. The first kappa shape index (κ1) is 12.0. The molecule has 82 valence electrons. The minimum absolute atomic E-state index is 0.259. The second-order valence-corrected chi connectivity index (χ2v) is 4.15. The molecule has 0 aromatic heterocycles. The molecule has 0 amide bonds. The molecule has 0 saturated heterocycles. The summed E-state index contributed by atoms with van der Waals surface area (Å²) in [6.07, 6.45) is 0.608. The van der Waals surface area contributed by atoms with Crippen molar-refractivity contribution < 1.29 is 14.3 Å². The molecule has 0 aliphatic heterocycles. The number of benzene rings is 1. The highest BCUT2D eigenvalue weighted by atomic mass is 79.9. The van der Waals surface area contributed by atoms with Crippen LogP contribution in [0.15, 0.2) is 24.3 Å². The Morgan fingerprint density at radius 3 is 2.40 bits per heavy atom. The van der Waals surface area contributed by atoms with Gasteiger partial charge < -0.3 is 9.47 Å². The van der Waals surface area contributed by atoms with Gasteiger partial charge in [-0.15, -0.1) is 0 Å². The van der Waals surface area contributed by atoms with Crippen molar-refractivity contribution in [3.8, 4) is 5.75 Å². The molecular weight excluding hydrogens is 260 g/mol. The van der Waals surface area contributed by atoms with Gasteiger partial charge in [0.1, 0.15) is 10.6 Å². The molecule has 1 rings (SSSR count). The second kappa shape index (κ2) is 5.75. The molecule has 0 N–H and O–H groups in total. The lowest BCUT2D eigenvalue weighted by molar-refractivity contribution is -0.139. The minimum Gasteiger partial charge on any atom is -0.497 e. The molecule has 0 fully saturated rings. The summed E-state index contributed by atoms with van der Waals surface area (Å²) in [4.78, 5) is 10.8. The van der Waals surface area contributed by atoms with Gasteiger partial charge in [-0.05, 0) is 24.1 Å². The lowest BCUT2D eigenvalue weighted by Crippen LogP contribution is -2.17. The molecule has 0 saturated carbocycles. The number of hydrogen-bond donors (Lipinski definition) is 0. The van der Waals surface area contributed by atoms with E-state index in [0.717, 1.165) is 11.3 Å². The summed E-state index contributed by atoms with van der Waals surface area (Å²) in [5.74, 6) is 0.550. The van der Waals surface area contributed by atoms with E-state index in [1.54, 1.807) is 7.11 Å². The van der Waals surface area contributed by atoms with Gasteiger partial charge in [0, 0.05) is 0 Å². The van der Waals surface area contributed by atoms with Gasteiger partial charge in [-0.3, -0.25) is 4.79 Å². The highest BCUT2D eigenvalue weighted by Crippen LogP contribution is 2.15. The molecule has 4 heteroatoms. The van der Waals surface area contributed by atoms with Crippen molar-refractivity contribution in [2.24, 2.45) is 0 Å². The van der Waals surface area contributed by atoms with Crippen molar-refractivity contribution in [1.29, 1.82) is 0 Å². The number of hydrogen-bond acceptors (Lipinski definition) is 3. The number of methoxy groups -OCH3 is 2. The highest BCUT2D eigenvalue weighted by Gasteiger charge is 2.15. The Balaban J connectivity index is 2.60. The van der Waals surface area contributed by atoms with Gasteiger partial charge in [-0.25, -0.2) is 0 Å². The molecule has 0 aliphatic carbocycles. The van der Waals surface area contributed by atoms with E-state index in [1.807, 2.05) is 24.3 Å². The van der Waals surface area contributed by atoms with E-state index in [4.69, 9.17) is 4.74 Å². The van der Waals surface area contributed by atoms with Crippen molar-refractivity contribution in [2.75, 3.05) is 14.2 Å². The Bertz CT molecular complexity index is 321. The first-order chi connectivity index (χ1) is 7.17. The number of esters is 1. The zero-order chi connectivity index (χ0) is 11.3. The van der Waals surface area contributed by atoms with Crippen LogP contribution in [0.25, 0.3) is 0 Å². The highest BCUT2D eigenvalue weighted by molar-refractivity contribution is 9.10. The molecule has 0 spiro atoms. The maximum absolute atomic E-state index is 11.1. The van der Waals surface area contributed by atoms with Crippen LogP contribution in [0.4, 0.5) is 0 Å². The Labute approximate surface area is 97.5 Å². The third-order valence-electron chi connectivity index (χ3n) is 2.03. The van der Waals surface area contributed by atoms with Gasteiger partial charge in [-0.1, -0.05) is 28.1 Å². The number of ether oxygens (including phenoxy) is 2. The van der Waals surface area contributed by atoms with E-state index in [1.165, 1.54) is 7.11 Å². The molecule has 1 atom stereocenters. The summed E-state index contributed by atoms with van der Waals surface area (Å²) < 4.78 is 9.66. The maximum Gasteiger partial charge on any atom is 0.319 e. The molecule has 0 heterocycles. The van der Waals surface area contributed by atoms with Gasteiger partial charge in [-0.2, -0.15) is 0 Å². The SMILES string of the molecule is COC(=O)[C@@H](Br)Cc1ccc(OC)cc1. The molecule has 1 aromatic rings. The van der Waals surface area contributed by atoms with Gasteiger partial charge in [0.05, 0.1) is 14.2 Å². The first-order valence-corrected chi connectivity index (χ1v) is 5.43. The van der Waals surface area contributed by atoms with Crippen LogP contribution in [-0.2, 0) is 16.0 Å². The average molecular weight is 273 g/mol. The van der Waals surface area contributed by atoms with E-state index in [0.29, 0.717) is 6.42 Å². The Morgan fingerprint density at radius 1 is 1.33 bits per heavy atom. The second-order valence-electron chi connectivity index (χ2n) is 3.04. The van der Waals surface area contributed by atoms with Crippen LogP contribution in [0.2, 0.25) is 0 Å². The van der Waals surface area contributed by atoms with Crippen LogP contribution in [0.5, 0.6) is 5.75 Å². The number of rotatable bonds is 4. The fourth-order valence-corrected chi connectivity index (χ4v) is 1.74. The van der Waals surface area contributed by atoms with Crippen LogP contribution in [0.3, 0.4) is 0 Å². The molecule has 0 radical (unpaired) electrons. The zero-order valence-corrected chi connectivity index (χ0v) is 10.3. The van der Waals surface area contributed by atoms with E-state index >= 15 is 0 Å². The van der Waals surface area contributed by atoms with Crippen molar-refractivity contribution in [1.82, 2.24) is 0 Å². The molecule has 0 unspecified atom stereocenters. The zero-order valence-electron chi connectivity index (χ0n) is 8.70. The Morgan fingerprint density at radius 2 is 1.93 bits per heavy atom. The molecular formula is C11H13BrO3. The lowest BCUT2D eigenvalue weighted by atomic mass is 10.1. The summed E-state index contributed by atoms with van der Waals surface area (Å²) in [5.41, 5.74) is 1.06. The van der Waals surface area contributed by atoms with E-state index in [-0.39, 0.29) is 10.8 Å². The van der Waals surface area contributed by atoms with Crippen LogP contribution >= 0.6 is 15.9 Å². The topological polar surface area (TPSA) is 35.5 Å². The monoisotopic (exact) mass is 272 g/mol. The van der Waals surface area contributed by atoms with Crippen molar-refractivity contribution in [2.45, 2.75) is 11.2 Å². The summed E-state index contributed by atoms with van der Waals surface area (Å²) in [6.45, 7) is 0. The number of carbonyl (C=O) groups excluding carboxylic acids is 1. The van der Waals surface area contributed by atoms with E-state index in [2.05, 4.69) is 20.7 Å². The van der Waals surface area contributed by atoms with Gasteiger partial charge in [0.15, 0.2) is 0 Å². The summed E-state index contributed by atoms with van der Waals surface area (Å²) in [6, 6.07) is 7.59.